The second-order valence-corrected chi connectivity index (χ2v) is 4.38. The van der Waals surface area contributed by atoms with Gasteiger partial charge in [-0.05, 0) is 52.2 Å². The number of anilines is 1. The zero-order valence-corrected chi connectivity index (χ0v) is 11.2. The van der Waals surface area contributed by atoms with Crippen molar-refractivity contribution in [2.45, 2.75) is 13.8 Å². The van der Waals surface area contributed by atoms with E-state index in [9.17, 15) is 4.79 Å². The van der Waals surface area contributed by atoms with Gasteiger partial charge in [-0.25, -0.2) is 0 Å². The van der Waals surface area contributed by atoms with Crippen LogP contribution in [0.25, 0.3) is 0 Å². The summed E-state index contributed by atoms with van der Waals surface area (Å²) in [5.74, 6) is 0.168. The quantitative estimate of drug-likeness (QED) is 0.705. The Morgan fingerprint density at radius 1 is 1.06 bits per heavy atom. The lowest BCUT2D eigenvalue weighted by atomic mass is 10.1. The Morgan fingerprint density at radius 2 is 1.59 bits per heavy atom. The van der Waals surface area contributed by atoms with Gasteiger partial charge in [0.1, 0.15) is 0 Å². The molecule has 1 aromatic rings. The van der Waals surface area contributed by atoms with Crippen LogP contribution < -0.4 is 4.90 Å². The second kappa shape index (κ2) is 6.40. The van der Waals surface area contributed by atoms with Gasteiger partial charge in [0.15, 0.2) is 5.78 Å². The van der Waals surface area contributed by atoms with Gasteiger partial charge in [0.05, 0.1) is 6.54 Å². The van der Waals surface area contributed by atoms with E-state index in [1.165, 1.54) is 5.69 Å². The maximum absolute atomic E-state index is 11.8. The minimum Gasteiger partial charge on any atom is -0.372 e. The standard InChI is InChI=1S/C14H22N2O/c1-5-16(6-2)13-9-7-12(8-10-13)14(17)11-15(3)4/h7-10H,5-6,11H2,1-4H3. The molecule has 1 rings (SSSR count). The molecular formula is C14H22N2O. The van der Waals surface area contributed by atoms with Crippen molar-refractivity contribution in [3.8, 4) is 0 Å². The molecule has 0 saturated carbocycles. The van der Waals surface area contributed by atoms with E-state index >= 15 is 0 Å². The lowest BCUT2D eigenvalue weighted by Gasteiger charge is -2.21. The Balaban J connectivity index is 2.77. The van der Waals surface area contributed by atoms with E-state index in [1.807, 2.05) is 43.3 Å². The summed E-state index contributed by atoms with van der Waals surface area (Å²) in [6, 6.07) is 7.88. The zero-order chi connectivity index (χ0) is 12.8. The van der Waals surface area contributed by atoms with Gasteiger partial charge in [-0.3, -0.25) is 4.79 Å². The molecular weight excluding hydrogens is 212 g/mol. The molecule has 0 spiro atoms. The van der Waals surface area contributed by atoms with Crippen LogP contribution in [0, 0.1) is 0 Å². The molecule has 0 fully saturated rings. The van der Waals surface area contributed by atoms with Crippen LogP contribution in [0.15, 0.2) is 24.3 Å². The highest BCUT2D eigenvalue weighted by molar-refractivity contribution is 5.97. The molecule has 0 aromatic heterocycles. The summed E-state index contributed by atoms with van der Waals surface area (Å²) in [6.07, 6.45) is 0. The van der Waals surface area contributed by atoms with E-state index < -0.39 is 0 Å². The number of benzene rings is 1. The molecule has 3 heteroatoms. The van der Waals surface area contributed by atoms with Crippen LogP contribution in [0.1, 0.15) is 24.2 Å². The highest BCUT2D eigenvalue weighted by Crippen LogP contribution is 2.15. The van der Waals surface area contributed by atoms with Crippen LogP contribution in [0.2, 0.25) is 0 Å². The summed E-state index contributed by atoms with van der Waals surface area (Å²) in [7, 11) is 3.81. The molecule has 94 valence electrons. The molecule has 0 aliphatic heterocycles. The van der Waals surface area contributed by atoms with Gasteiger partial charge in [0.2, 0.25) is 0 Å². The first-order valence-electron chi connectivity index (χ1n) is 6.11. The first kappa shape index (κ1) is 13.7. The molecule has 0 radical (unpaired) electrons. The molecule has 17 heavy (non-hydrogen) atoms. The van der Waals surface area contributed by atoms with Crippen molar-refractivity contribution in [3.63, 3.8) is 0 Å². The van der Waals surface area contributed by atoms with Crippen LogP contribution in [0.4, 0.5) is 5.69 Å². The number of carbonyl (C=O) groups excluding carboxylic acids is 1. The minimum atomic E-state index is 0.168. The Morgan fingerprint density at radius 3 is 2.00 bits per heavy atom. The average molecular weight is 234 g/mol. The predicted octanol–water partition coefficient (Wildman–Crippen LogP) is 2.28. The highest BCUT2D eigenvalue weighted by atomic mass is 16.1. The van der Waals surface area contributed by atoms with E-state index in [2.05, 4.69) is 18.7 Å². The zero-order valence-electron chi connectivity index (χ0n) is 11.2. The Kier molecular flexibility index (Phi) is 5.16. The molecule has 0 atom stereocenters. The molecule has 0 heterocycles. The van der Waals surface area contributed by atoms with Crippen LogP contribution >= 0.6 is 0 Å². The normalized spacial score (nSPS) is 10.6. The van der Waals surface area contributed by atoms with E-state index in [0.29, 0.717) is 6.54 Å². The van der Waals surface area contributed by atoms with Crippen molar-refractivity contribution >= 4 is 11.5 Å². The molecule has 0 bridgehead atoms. The second-order valence-electron chi connectivity index (χ2n) is 4.38. The van der Waals surface area contributed by atoms with Gasteiger partial charge < -0.3 is 9.80 Å². The van der Waals surface area contributed by atoms with Gasteiger partial charge in [0, 0.05) is 24.3 Å². The summed E-state index contributed by atoms with van der Waals surface area (Å²) in [5, 5.41) is 0. The number of likely N-dealkylation sites (N-methyl/N-ethyl adjacent to an activating group) is 1. The van der Waals surface area contributed by atoms with Crippen molar-refractivity contribution in [1.29, 1.82) is 0 Å². The molecule has 0 aliphatic carbocycles. The van der Waals surface area contributed by atoms with Gasteiger partial charge in [-0.1, -0.05) is 0 Å². The molecule has 0 saturated heterocycles. The molecule has 0 N–H and O–H groups in total. The van der Waals surface area contributed by atoms with Crippen molar-refractivity contribution < 1.29 is 4.79 Å². The summed E-state index contributed by atoms with van der Waals surface area (Å²) in [6.45, 7) is 6.71. The fourth-order valence-corrected chi connectivity index (χ4v) is 1.83. The largest absolute Gasteiger partial charge is 0.372 e. The van der Waals surface area contributed by atoms with Gasteiger partial charge >= 0.3 is 0 Å². The Bertz CT molecular complexity index is 353. The third-order valence-electron chi connectivity index (χ3n) is 2.78. The number of nitrogens with zero attached hydrogens (tertiary/aromatic N) is 2. The summed E-state index contributed by atoms with van der Waals surface area (Å²) < 4.78 is 0. The summed E-state index contributed by atoms with van der Waals surface area (Å²) in [4.78, 5) is 16.0. The molecule has 1 aromatic carbocycles. The fourth-order valence-electron chi connectivity index (χ4n) is 1.83. The van der Waals surface area contributed by atoms with Crippen molar-refractivity contribution in [2.24, 2.45) is 0 Å². The first-order valence-corrected chi connectivity index (χ1v) is 6.11. The number of ketones is 1. The topological polar surface area (TPSA) is 23.6 Å². The maximum Gasteiger partial charge on any atom is 0.176 e. The lowest BCUT2D eigenvalue weighted by Crippen LogP contribution is -2.23. The maximum atomic E-state index is 11.8. The van der Waals surface area contributed by atoms with Crippen LogP contribution in [0.5, 0.6) is 0 Å². The number of hydrogen-bond donors (Lipinski definition) is 0. The smallest absolute Gasteiger partial charge is 0.176 e. The van der Waals surface area contributed by atoms with Gasteiger partial charge in [-0.15, -0.1) is 0 Å². The van der Waals surface area contributed by atoms with E-state index in [0.717, 1.165) is 18.7 Å². The highest BCUT2D eigenvalue weighted by Gasteiger charge is 2.08. The average Bonchev–Trinajstić information content (AvgIpc) is 2.30. The van der Waals surface area contributed by atoms with Crippen LogP contribution in [-0.2, 0) is 0 Å². The van der Waals surface area contributed by atoms with Crippen molar-refractivity contribution in [1.82, 2.24) is 4.90 Å². The fraction of sp³-hybridized carbons (Fsp3) is 0.500. The summed E-state index contributed by atoms with van der Waals surface area (Å²) >= 11 is 0. The molecule has 0 amide bonds. The minimum absolute atomic E-state index is 0.168. The van der Waals surface area contributed by atoms with E-state index in [-0.39, 0.29) is 5.78 Å². The number of carbonyl (C=O) groups is 1. The van der Waals surface area contributed by atoms with E-state index in [1.54, 1.807) is 0 Å². The molecule has 0 aliphatic rings. The van der Waals surface area contributed by atoms with Crippen molar-refractivity contribution in [3.05, 3.63) is 29.8 Å². The monoisotopic (exact) mass is 234 g/mol. The molecule has 3 nitrogen and oxygen atoms in total. The first-order chi connectivity index (χ1) is 8.08. The SMILES string of the molecule is CCN(CC)c1ccc(C(=O)CN(C)C)cc1. The number of Topliss-reactive ketones (excluding diaryl/α,β-unsaturated/α-hetero) is 1. The van der Waals surface area contributed by atoms with Gasteiger partial charge in [0.25, 0.3) is 0 Å². The van der Waals surface area contributed by atoms with E-state index in [4.69, 9.17) is 0 Å². The summed E-state index contributed by atoms with van der Waals surface area (Å²) in [5.41, 5.74) is 1.96. The lowest BCUT2D eigenvalue weighted by molar-refractivity contribution is 0.0958. The van der Waals surface area contributed by atoms with Crippen molar-refractivity contribution in [2.75, 3.05) is 38.6 Å². The Labute approximate surface area is 104 Å². The van der Waals surface area contributed by atoms with Gasteiger partial charge in [-0.2, -0.15) is 0 Å². The Hall–Kier alpha value is -1.35. The van der Waals surface area contributed by atoms with Crippen LogP contribution in [0.3, 0.4) is 0 Å². The predicted molar refractivity (Wildman–Crippen MR) is 72.9 cm³/mol. The third-order valence-corrected chi connectivity index (χ3v) is 2.78. The molecule has 0 unspecified atom stereocenters. The third kappa shape index (κ3) is 3.86. The van der Waals surface area contributed by atoms with Crippen LogP contribution in [-0.4, -0.2) is 44.4 Å². The number of rotatable bonds is 6. The number of hydrogen-bond acceptors (Lipinski definition) is 3.